The highest BCUT2D eigenvalue weighted by Gasteiger charge is 2.45. The molecule has 1 saturated heterocycles. The molecule has 0 saturated carbocycles. The number of esters is 1. The van der Waals surface area contributed by atoms with Crippen LogP contribution in [0.15, 0.2) is 0 Å². The SMILES string of the molecule is CCCCCCCCCCC[C@H](C[C@@H]1OC(=O)[C@H]1CCCCCC)O[Si](C)(C)C(C)(C)C. The van der Waals surface area contributed by atoms with E-state index in [1.54, 1.807) is 0 Å². The van der Waals surface area contributed by atoms with E-state index in [1.165, 1.54) is 77.0 Å². The maximum absolute atomic E-state index is 12.1. The Morgan fingerprint density at radius 2 is 1.34 bits per heavy atom. The second-order valence-electron chi connectivity index (χ2n) is 11.8. The molecule has 0 radical (unpaired) electrons. The molecule has 0 aromatic heterocycles. The molecule has 0 aromatic carbocycles. The average molecular weight is 469 g/mol. The van der Waals surface area contributed by atoms with Crippen LogP contribution in [0, 0.1) is 5.92 Å². The van der Waals surface area contributed by atoms with Crippen molar-refractivity contribution in [2.75, 3.05) is 0 Å². The molecule has 0 N–H and O–H groups in total. The van der Waals surface area contributed by atoms with Crippen LogP contribution in [0.2, 0.25) is 18.1 Å². The first-order valence-electron chi connectivity index (χ1n) is 14.0. The van der Waals surface area contributed by atoms with Gasteiger partial charge in [0.1, 0.15) is 6.10 Å². The molecule has 4 heteroatoms. The predicted molar refractivity (Wildman–Crippen MR) is 141 cm³/mol. The van der Waals surface area contributed by atoms with Gasteiger partial charge in [-0.2, -0.15) is 0 Å². The Morgan fingerprint density at radius 3 is 1.84 bits per heavy atom. The summed E-state index contributed by atoms with van der Waals surface area (Å²) in [6.07, 6.45) is 20.4. The van der Waals surface area contributed by atoms with Crippen molar-refractivity contribution in [3.05, 3.63) is 0 Å². The van der Waals surface area contributed by atoms with Crippen molar-refractivity contribution >= 4 is 14.3 Å². The third kappa shape index (κ3) is 11.2. The minimum atomic E-state index is -1.83. The Balaban J connectivity index is 2.50. The van der Waals surface area contributed by atoms with Crippen molar-refractivity contribution < 1.29 is 14.0 Å². The van der Waals surface area contributed by atoms with E-state index >= 15 is 0 Å². The number of rotatable bonds is 19. The van der Waals surface area contributed by atoms with E-state index in [0.717, 1.165) is 25.7 Å². The van der Waals surface area contributed by atoms with E-state index in [-0.39, 0.29) is 29.1 Å². The van der Waals surface area contributed by atoms with Gasteiger partial charge in [-0.25, -0.2) is 0 Å². The zero-order chi connectivity index (χ0) is 24.0. The summed E-state index contributed by atoms with van der Waals surface area (Å²) < 4.78 is 12.5. The highest BCUT2D eigenvalue weighted by molar-refractivity contribution is 6.74. The summed E-state index contributed by atoms with van der Waals surface area (Å²) in [5.74, 6) is 0.140. The smallest absolute Gasteiger partial charge is 0.313 e. The number of hydrogen-bond donors (Lipinski definition) is 0. The minimum absolute atomic E-state index is 0.0284. The molecule has 0 spiro atoms. The lowest BCUT2D eigenvalue weighted by Gasteiger charge is -2.42. The molecule has 0 aliphatic carbocycles. The van der Waals surface area contributed by atoms with Crippen LogP contribution in [0.3, 0.4) is 0 Å². The number of ether oxygens (including phenoxy) is 1. The fourth-order valence-corrected chi connectivity index (χ4v) is 5.87. The zero-order valence-corrected chi connectivity index (χ0v) is 23.8. The molecule has 1 aliphatic rings. The van der Waals surface area contributed by atoms with E-state index in [4.69, 9.17) is 9.16 Å². The number of hydrogen-bond acceptors (Lipinski definition) is 3. The molecule has 3 atom stereocenters. The van der Waals surface area contributed by atoms with Crippen LogP contribution in [0.5, 0.6) is 0 Å². The van der Waals surface area contributed by atoms with Gasteiger partial charge in [0, 0.05) is 12.5 Å². The normalized spacial score (nSPS) is 20.2. The fourth-order valence-electron chi connectivity index (χ4n) is 4.47. The lowest BCUT2D eigenvalue weighted by Crippen LogP contribution is -2.49. The van der Waals surface area contributed by atoms with E-state index < -0.39 is 8.32 Å². The molecule has 0 bridgehead atoms. The molecular formula is C28H56O3Si. The van der Waals surface area contributed by atoms with Crippen LogP contribution in [0.1, 0.15) is 137 Å². The molecule has 1 rings (SSSR count). The number of carbonyl (C=O) groups excluding carboxylic acids is 1. The molecule has 3 nitrogen and oxygen atoms in total. The maximum Gasteiger partial charge on any atom is 0.313 e. The van der Waals surface area contributed by atoms with Gasteiger partial charge in [-0.1, -0.05) is 118 Å². The molecule has 0 aromatic rings. The molecule has 1 heterocycles. The van der Waals surface area contributed by atoms with Gasteiger partial charge in [-0.15, -0.1) is 0 Å². The summed E-state index contributed by atoms with van der Waals surface area (Å²) >= 11 is 0. The Bertz CT molecular complexity index is 497. The van der Waals surface area contributed by atoms with Crippen molar-refractivity contribution in [3.63, 3.8) is 0 Å². The predicted octanol–water partition coefficient (Wildman–Crippen LogP) is 9.20. The standard InChI is InChI=1S/C28H56O3Si/c1-8-10-12-14-15-16-17-18-19-21-24(31-32(6,7)28(3,4)5)23-26-25(27(29)30-26)22-20-13-11-9-2/h24-26H,8-23H2,1-7H3/t24-,25+,26+/m1/s1. The highest BCUT2D eigenvalue weighted by atomic mass is 28.4. The van der Waals surface area contributed by atoms with Gasteiger partial charge in [-0.05, 0) is 31.0 Å². The van der Waals surface area contributed by atoms with E-state index in [9.17, 15) is 4.79 Å². The van der Waals surface area contributed by atoms with Crippen molar-refractivity contribution in [2.45, 2.75) is 168 Å². The molecule has 1 fully saturated rings. The molecule has 1 aliphatic heterocycles. The second-order valence-corrected chi connectivity index (χ2v) is 16.5. The van der Waals surface area contributed by atoms with E-state index in [2.05, 4.69) is 47.7 Å². The largest absolute Gasteiger partial charge is 0.461 e. The zero-order valence-electron chi connectivity index (χ0n) is 22.8. The van der Waals surface area contributed by atoms with Gasteiger partial charge in [0.2, 0.25) is 0 Å². The van der Waals surface area contributed by atoms with Gasteiger partial charge in [0.15, 0.2) is 8.32 Å². The minimum Gasteiger partial charge on any atom is -0.461 e. The number of unbranched alkanes of at least 4 members (excludes halogenated alkanes) is 11. The molecule has 190 valence electrons. The Labute approximate surface area is 201 Å². The van der Waals surface area contributed by atoms with Crippen molar-refractivity contribution in [2.24, 2.45) is 5.92 Å². The highest BCUT2D eigenvalue weighted by Crippen LogP contribution is 2.40. The third-order valence-corrected chi connectivity index (χ3v) is 12.3. The van der Waals surface area contributed by atoms with Gasteiger partial charge in [0.05, 0.1) is 5.92 Å². The van der Waals surface area contributed by atoms with E-state index in [0.29, 0.717) is 0 Å². The van der Waals surface area contributed by atoms with Gasteiger partial charge >= 0.3 is 5.97 Å². The van der Waals surface area contributed by atoms with E-state index in [1.807, 2.05) is 0 Å². The topological polar surface area (TPSA) is 35.5 Å². The number of carbonyl (C=O) groups is 1. The molecule has 0 unspecified atom stereocenters. The van der Waals surface area contributed by atoms with Crippen molar-refractivity contribution in [1.29, 1.82) is 0 Å². The summed E-state index contributed by atoms with van der Waals surface area (Å²) in [7, 11) is -1.83. The lowest BCUT2D eigenvalue weighted by molar-refractivity contribution is -0.188. The summed E-state index contributed by atoms with van der Waals surface area (Å²) in [6.45, 7) is 16.2. The fraction of sp³-hybridized carbons (Fsp3) is 0.964. The lowest BCUT2D eigenvalue weighted by atomic mass is 9.86. The molecule has 0 amide bonds. The van der Waals surface area contributed by atoms with Crippen LogP contribution in [-0.4, -0.2) is 26.5 Å². The summed E-state index contributed by atoms with van der Waals surface area (Å²) in [4.78, 5) is 12.1. The Morgan fingerprint density at radius 1 is 0.844 bits per heavy atom. The maximum atomic E-state index is 12.1. The second kappa shape index (κ2) is 15.5. The van der Waals surface area contributed by atoms with Gasteiger partial charge in [-0.3, -0.25) is 4.79 Å². The Hall–Kier alpha value is -0.353. The van der Waals surface area contributed by atoms with Gasteiger partial charge < -0.3 is 9.16 Å². The number of cyclic esters (lactones) is 1. The molecule has 32 heavy (non-hydrogen) atoms. The monoisotopic (exact) mass is 468 g/mol. The summed E-state index contributed by atoms with van der Waals surface area (Å²) in [6, 6.07) is 0. The quantitative estimate of drug-likeness (QED) is 0.108. The van der Waals surface area contributed by atoms with Gasteiger partial charge in [0.25, 0.3) is 0 Å². The third-order valence-electron chi connectivity index (χ3n) is 7.78. The van der Waals surface area contributed by atoms with Crippen LogP contribution >= 0.6 is 0 Å². The van der Waals surface area contributed by atoms with Crippen LogP contribution < -0.4 is 0 Å². The van der Waals surface area contributed by atoms with Crippen LogP contribution in [0.25, 0.3) is 0 Å². The average Bonchev–Trinajstić information content (AvgIpc) is 2.70. The summed E-state index contributed by atoms with van der Waals surface area (Å²) in [5.41, 5.74) is 0. The molecular weight excluding hydrogens is 412 g/mol. The Kier molecular flexibility index (Phi) is 14.4. The van der Waals surface area contributed by atoms with Crippen LogP contribution in [0.4, 0.5) is 0 Å². The van der Waals surface area contributed by atoms with Crippen molar-refractivity contribution in [3.8, 4) is 0 Å². The van der Waals surface area contributed by atoms with Crippen LogP contribution in [-0.2, 0) is 14.0 Å². The van der Waals surface area contributed by atoms with Crippen molar-refractivity contribution in [1.82, 2.24) is 0 Å². The first-order valence-corrected chi connectivity index (χ1v) is 16.9. The summed E-state index contributed by atoms with van der Waals surface area (Å²) in [5, 5.41) is 0.208. The first-order chi connectivity index (χ1) is 15.1. The first kappa shape index (κ1) is 29.7.